The lowest BCUT2D eigenvalue weighted by molar-refractivity contribution is 0.287. The Balaban J connectivity index is 1.84. The molecule has 1 aromatic rings. The molecule has 0 saturated carbocycles. The van der Waals surface area contributed by atoms with E-state index in [0.29, 0.717) is 6.04 Å². The van der Waals surface area contributed by atoms with Crippen LogP contribution in [0.1, 0.15) is 37.7 Å². The third-order valence-corrected chi connectivity index (χ3v) is 5.00. The van der Waals surface area contributed by atoms with Gasteiger partial charge in [0.2, 0.25) is 0 Å². The summed E-state index contributed by atoms with van der Waals surface area (Å²) in [5.41, 5.74) is 1.03. The topological polar surface area (TPSA) is 55.4 Å². The Morgan fingerprint density at radius 2 is 1.95 bits per heavy atom. The second-order valence-corrected chi connectivity index (χ2v) is 6.99. The van der Waals surface area contributed by atoms with E-state index in [1.54, 1.807) is 24.3 Å². The van der Waals surface area contributed by atoms with Crippen LogP contribution in [0.15, 0.2) is 29.2 Å². The highest BCUT2D eigenvalue weighted by Gasteiger charge is 2.17. The maximum Gasteiger partial charge on any atom is 0.296 e. The SMILES string of the molecule is Cc1ccc(S(=O)(=O)OCCC2CCCCCN2)cc1. The van der Waals surface area contributed by atoms with Crippen molar-refractivity contribution in [2.75, 3.05) is 13.2 Å². The van der Waals surface area contributed by atoms with Gasteiger partial charge in [-0.25, -0.2) is 0 Å². The Morgan fingerprint density at radius 3 is 2.70 bits per heavy atom. The second kappa shape index (κ2) is 7.20. The summed E-state index contributed by atoms with van der Waals surface area (Å²) < 4.78 is 29.2. The van der Waals surface area contributed by atoms with Crippen molar-refractivity contribution in [2.24, 2.45) is 0 Å². The molecule has 1 aromatic carbocycles. The van der Waals surface area contributed by atoms with E-state index in [4.69, 9.17) is 4.18 Å². The van der Waals surface area contributed by atoms with Gasteiger partial charge in [-0.05, 0) is 44.9 Å². The number of hydrogen-bond acceptors (Lipinski definition) is 4. The minimum Gasteiger partial charge on any atom is -0.314 e. The van der Waals surface area contributed by atoms with Crippen molar-refractivity contribution >= 4 is 10.1 Å². The van der Waals surface area contributed by atoms with Gasteiger partial charge in [-0.15, -0.1) is 0 Å². The molecule has 0 aliphatic carbocycles. The van der Waals surface area contributed by atoms with Gasteiger partial charge >= 0.3 is 0 Å². The van der Waals surface area contributed by atoms with E-state index in [1.165, 1.54) is 19.3 Å². The molecule has 20 heavy (non-hydrogen) atoms. The molecule has 0 amide bonds. The van der Waals surface area contributed by atoms with Gasteiger partial charge in [0, 0.05) is 6.04 Å². The Labute approximate surface area is 121 Å². The maximum absolute atomic E-state index is 12.0. The average Bonchev–Trinajstić information content (AvgIpc) is 2.68. The summed E-state index contributed by atoms with van der Waals surface area (Å²) in [4.78, 5) is 0.233. The van der Waals surface area contributed by atoms with Crippen LogP contribution >= 0.6 is 0 Å². The summed E-state index contributed by atoms with van der Waals surface area (Å²) >= 11 is 0. The van der Waals surface area contributed by atoms with Crippen LogP contribution in [0, 0.1) is 6.92 Å². The van der Waals surface area contributed by atoms with E-state index in [1.807, 2.05) is 6.92 Å². The lowest BCUT2D eigenvalue weighted by atomic mass is 10.1. The standard InChI is InChI=1S/C15H23NO3S/c1-13-6-8-15(9-7-13)20(17,18)19-12-10-14-5-3-2-4-11-16-14/h6-9,14,16H,2-5,10-12H2,1H3. The van der Waals surface area contributed by atoms with E-state index in [9.17, 15) is 8.42 Å². The molecule has 0 spiro atoms. The van der Waals surface area contributed by atoms with Crippen molar-refractivity contribution in [2.45, 2.75) is 50.0 Å². The molecule has 1 aliphatic heterocycles. The smallest absolute Gasteiger partial charge is 0.296 e. The highest BCUT2D eigenvalue weighted by atomic mass is 32.2. The molecule has 1 saturated heterocycles. The minimum absolute atomic E-state index is 0.233. The molecule has 1 heterocycles. The summed E-state index contributed by atoms with van der Waals surface area (Å²) in [6, 6.07) is 7.13. The van der Waals surface area contributed by atoms with Gasteiger partial charge < -0.3 is 5.32 Å². The first-order valence-corrected chi connectivity index (χ1v) is 8.68. The van der Waals surface area contributed by atoms with Crippen LogP contribution in [-0.4, -0.2) is 27.6 Å². The zero-order chi connectivity index (χ0) is 14.4. The molecule has 1 fully saturated rings. The predicted molar refractivity (Wildman–Crippen MR) is 79.2 cm³/mol. The number of hydrogen-bond donors (Lipinski definition) is 1. The van der Waals surface area contributed by atoms with Crippen molar-refractivity contribution in [1.82, 2.24) is 5.32 Å². The first-order valence-electron chi connectivity index (χ1n) is 7.27. The van der Waals surface area contributed by atoms with Crippen LogP contribution in [0.4, 0.5) is 0 Å². The summed E-state index contributed by atoms with van der Waals surface area (Å²) in [6.45, 7) is 3.19. The van der Waals surface area contributed by atoms with Crippen LogP contribution in [0.3, 0.4) is 0 Å². The number of nitrogens with one attached hydrogen (secondary N) is 1. The number of rotatable bonds is 5. The fourth-order valence-electron chi connectivity index (χ4n) is 2.42. The highest BCUT2D eigenvalue weighted by molar-refractivity contribution is 7.86. The van der Waals surface area contributed by atoms with E-state index in [0.717, 1.165) is 24.9 Å². The molecule has 1 aliphatic rings. The molecule has 1 N–H and O–H groups in total. The largest absolute Gasteiger partial charge is 0.314 e. The molecule has 2 rings (SSSR count). The molecule has 0 bridgehead atoms. The number of benzene rings is 1. The van der Waals surface area contributed by atoms with E-state index in [2.05, 4.69) is 5.32 Å². The Kier molecular flexibility index (Phi) is 5.57. The molecule has 1 unspecified atom stereocenters. The molecule has 1 atom stereocenters. The molecular formula is C15H23NO3S. The maximum atomic E-state index is 12.0. The van der Waals surface area contributed by atoms with E-state index >= 15 is 0 Å². The molecule has 4 nitrogen and oxygen atoms in total. The Hall–Kier alpha value is -0.910. The van der Waals surface area contributed by atoms with Gasteiger partial charge in [-0.3, -0.25) is 4.18 Å². The zero-order valence-electron chi connectivity index (χ0n) is 12.0. The monoisotopic (exact) mass is 297 g/mol. The van der Waals surface area contributed by atoms with Crippen LogP contribution in [0.5, 0.6) is 0 Å². The first-order chi connectivity index (χ1) is 9.58. The van der Waals surface area contributed by atoms with Gasteiger partial charge in [-0.2, -0.15) is 8.42 Å². The van der Waals surface area contributed by atoms with Crippen molar-refractivity contribution in [3.63, 3.8) is 0 Å². The van der Waals surface area contributed by atoms with Gasteiger partial charge in [0.25, 0.3) is 10.1 Å². The second-order valence-electron chi connectivity index (χ2n) is 5.38. The summed E-state index contributed by atoms with van der Waals surface area (Å²) in [5.74, 6) is 0. The van der Waals surface area contributed by atoms with Crippen LogP contribution in [0.25, 0.3) is 0 Å². The predicted octanol–water partition coefficient (Wildman–Crippen LogP) is 2.62. The molecule has 112 valence electrons. The van der Waals surface area contributed by atoms with Crippen molar-refractivity contribution in [1.29, 1.82) is 0 Å². The van der Waals surface area contributed by atoms with Gasteiger partial charge in [0.05, 0.1) is 11.5 Å². The molecular weight excluding hydrogens is 274 g/mol. The Morgan fingerprint density at radius 1 is 1.20 bits per heavy atom. The van der Waals surface area contributed by atoms with Crippen LogP contribution < -0.4 is 5.32 Å². The number of aryl methyl sites for hydroxylation is 1. The quantitative estimate of drug-likeness (QED) is 0.849. The summed E-state index contributed by atoms with van der Waals surface area (Å²) in [5, 5.41) is 3.44. The Bertz CT molecular complexity index is 502. The van der Waals surface area contributed by atoms with E-state index < -0.39 is 10.1 Å². The third-order valence-electron chi connectivity index (χ3n) is 3.68. The van der Waals surface area contributed by atoms with Crippen LogP contribution in [-0.2, 0) is 14.3 Å². The van der Waals surface area contributed by atoms with Gasteiger partial charge in [0.1, 0.15) is 0 Å². The van der Waals surface area contributed by atoms with Crippen molar-refractivity contribution in [3.05, 3.63) is 29.8 Å². The minimum atomic E-state index is -3.61. The fourth-order valence-corrected chi connectivity index (χ4v) is 3.34. The summed E-state index contributed by atoms with van der Waals surface area (Å²) in [6.07, 6.45) is 5.52. The van der Waals surface area contributed by atoms with Crippen molar-refractivity contribution in [3.8, 4) is 0 Å². The zero-order valence-corrected chi connectivity index (χ0v) is 12.8. The van der Waals surface area contributed by atoms with Gasteiger partial charge in [0.15, 0.2) is 0 Å². The fraction of sp³-hybridized carbons (Fsp3) is 0.600. The normalized spacial score (nSPS) is 20.6. The first kappa shape index (κ1) is 15.5. The highest BCUT2D eigenvalue weighted by Crippen LogP contribution is 2.15. The molecule has 0 aromatic heterocycles. The summed E-state index contributed by atoms with van der Waals surface area (Å²) in [7, 11) is -3.61. The molecule has 0 radical (unpaired) electrons. The van der Waals surface area contributed by atoms with Crippen LogP contribution in [0.2, 0.25) is 0 Å². The third kappa shape index (κ3) is 4.58. The van der Waals surface area contributed by atoms with E-state index in [-0.39, 0.29) is 11.5 Å². The average molecular weight is 297 g/mol. The van der Waals surface area contributed by atoms with Crippen molar-refractivity contribution < 1.29 is 12.6 Å². The van der Waals surface area contributed by atoms with Gasteiger partial charge in [-0.1, -0.05) is 30.5 Å². The lowest BCUT2D eigenvalue weighted by Crippen LogP contribution is -2.29. The lowest BCUT2D eigenvalue weighted by Gasteiger charge is -2.15. The molecule has 5 heteroatoms.